The van der Waals surface area contributed by atoms with E-state index in [1.54, 1.807) is 0 Å². The first-order chi connectivity index (χ1) is 10.2. The lowest BCUT2D eigenvalue weighted by atomic mass is 10.1. The number of nitrogens with zero attached hydrogens (tertiary/aromatic N) is 3. The van der Waals surface area contributed by atoms with E-state index in [1.807, 2.05) is 17.9 Å². The van der Waals surface area contributed by atoms with Crippen molar-refractivity contribution in [2.24, 2.45) is 7.05 Å². The monoisotopic (exact) mass is 286 g/mol. The van der Waals surface area contributed by atoms with Gasteiger partial charge in [-0.15, -0.1) is 0 Å². The summed E-state index contributed by atoms with van der Waals surface area (Å²) in [7, 11) is 2.02. The molecule has 1 N–H and O–H groups in total. The van der Waals surface area contributed by atoms with Gasteiger partial charge in [0.25, 0.3) is 0 Å². The Morgan fingerprint density at radius 1 is 1.14 bits per heavy atom. The summed E-state index contributed by atoms with van der Waals surface area (Å²) in [6, 6.07) is 6.77. The van der Waals surface area contributed by atoms with Gasteiger partial charge in [-0.2, -0.15) is 5.10 Å². The highest BCUT2D eigenvalue weighted by Crippen LogP contribution is 2.19. The van der Waals surface area contributed by atoms with Gasteiger partial charge in [0.2, 0.25) is 0 Å². The lowest BCUT2D eigenvalue weighted by Gasteiger charge is -2.18. The third kappa shape index (κ3) is 3.91. The molecule has 114 valence electrons. The van der Waals surface area contributed by atoms with E-state index >= 15 is 0 Å². The van der Waals surface area contributed by atoms with Crippen LogP contribution in [0.1, 0.15) is 49.5 Å². The highest BCUT2D eigenvalue weighted by molar-refractivity contribution is 5.19. The molecule has 0 saturated heterocycles. The summed E-state index contributed by atoms with van der Waals surface area (Å²) in [5.41, 5.74) is 4.78. The molecule has 0 aromatic carbocycles. The van der Waals surface area contributed by atoms with Crippen LogP contribution in [-0.2, 0) is 26.3 Å². The molecule has 0 fully saturated rings. The van der Waals surface area contributed by atoms with Gasteiger partial charge < -0.3 is 5.32 Å². The van der Waals surface area contributed by atoms with E-state index in [0.29, 0.717) is 0 Å². The topological polar surface area (TPSA) is 42.7 Å². The van der Waals surface area contributed by atoms with E-state index in [0.717, 1.165) is 37.2 Å². The average Bonchev–Trinajstić information content (AvgIpc) is 2.88. The zero-order valence-electron chi connectivity index (χ0n) is 13.6. The molecule has 0 aliphatic rings. The quantitative estimate of drug-likeness (QED) is 0.851. The molecule has 2 aromatic rings. The molecule has 0 spiro atoms. The van der Waals surface area contributed by atoms with Gasteiger partial charge in [0.15, 0.2) is 0 Å². The summed E-state index contributed by atoms with van der Waals surface area (Å²) in [5.74, 6) is 0. The third-order valence-corrected chi connectivity index (χ3v) is 3.84. The smallest absolute Gasteiger partial charge is 0.0625 e. The third-order valence-electron chi connectivity index (χ3n) is 3.84. The summed E-state index contributed by atoms with van der Waals surface area (Å²) in [4.78, 5) is 4.58. The number of hydrogen-bond donors (Lipinski definition) is 1. The van der Waals surface area contributed by atoms with Crippen LogP contribution in [-0.4, -0.2) is 21.3 Å². The Morgan fingerprint density at radius 2 is 1.95 bits per heavy atom. The Kier molecular flexibility index (Phi) is 5.51. The summed E-state index contributed by atoms with van der Waals surface area (Å²) in [6.07, 6.45) is 4.88. The fraction of sp³-hybridized carbons (Fsp3) is 0.529. The molecule has 0 aliphatic heterocycles. The van der Waals surface area contributed by atoms with Crippen LogP contribution in [0.2, 0.25) is 0 Å². The number of hydrogen-bond acceptors (Lipinski definition) is 3. The maximum Gasteiger partial charge on any atom is 0.0625 e. The number of likely N-dealkylation sites (N-methyl/N-ethyl adjacent to an activating group) is 1. The second kappa shape index (κ2) is 7.36. The van der Waals surface area contributed by atoms with Gasteiger partial charge in [0, 0.05) is 25.4 Å². The van der Waals surface area contributed by atoms with Crippen molar-refractivity contribution in [1.82, 2.24) is 20.1 Å². The van der Waals surface area contributed by atoms with Gasteiger partial charge in [-0.3, -0.25) is 9.67 Å². The zero-order valence-corrected chi connectivity index (χ0v) is 13.6. The second-order valence-electron chi connectivity index (χ2n) is 5.36. The maximum atomic E-state index is 4.58. The molecule has 2 rings (SSSR count). The lowest BCUT2D eigenvalue weighted by Crippen LogP contribution is -2.25. The van der Waals surface area contributed by atoms with E-state index in [1.165, 1.54) is 11.3 Å². The fourth-order valence-corrected chi connectivity index (χ4v) is 2.56. The first kappa shape index (κ1) is 15.7. The Bertz CT molecular complexity index is 557. The SMILES string of the molecule is CCNC(Cc1ccc(CC)cn1)c1cc(CC)nn1C. The molecule has 21 heavy (non-hydrogen) atoms. The van der Waals surface area contributed by atoms with Crippen LogP contribution in [0, 0.1) is 0 Å². The average molecular weight is 286 g/mol. The van der Waals surface area contributed by atoms with Crippen molar-refractivity contribution in [3.63, 3.8) is 0 Å². The summed E-state index contributed by atoms with van der Waals surface area (Å²) in [5, 5.41) is 8.11. The zero-order chi connectivity index (χ0) is 15.2. The molecular formula is C17H26N4. The van der Waals surface area contributed by atoms with E-state index in [-0.39, 0.29) is 6.04 Å². The predicted molar refractivity (Wildman–Crippen MR) is 86.3 cm³/mol. The van der Waals surface area contributed by atoms with Crippen LogP contribution in [0.4, 0.5) is 0 Å². The van der Waals surface area contributed by atoms with Crippen LogP contribution >= 0.6 is 0 Å². The highest BCUT2D eigenvalue weighted by atomic mass is 15.3. The minimum atomic E-state index is 0.257. The first-order valence-corrected chi connectivity index (χ1v) is 7.87. The molecule has 0 aliphatic carbocycles. The molecule has 4 heteroatoms. The van der Waals surface area contributed by atoms with Crippen LogP contribution in [0.15, 0.2) is 24.4 Å². The van der Waals surface area contributed by atoms with Crippen molar-refractivity contribution in [2.45, 2.75) is 46.1 Å². The van der Waals surface area contributed by atoms with Crippen molar-refractivity contribution in [2.75, 3.05) is 6.54 Å². The number of aryl methyl sites for hydroxylation is 3. The molecule has 1 unspecified atom stereocenters. The Balaban J connectivity index is 2.19. The molecule has 2 aromatic heterocycles. The molecule has 4 nitrogen and oxygen atoms in total. The molecule has 0 bridgehead atoms. The Hall–Kier alpha value is -1.68. The second-order valence-corrected chi connectivity index (χ2v) is 5.36. The van der Waals surface area contributed by atoms with Crippen molar-refractivity contribution < 1.29 is 0 Å². The van der Waals surface area contributed by atoms with Crippen molar-refractivity contribution in [3.8, 4) is 0 Å². The fourth-order valence-electron chi connectivity index (χ4n) is 2.56. The standard InChI is InChI=1S/C17H26N4/c1-5-13-8-9-15(19-12-13)10-16(18-7-3)17-11-14(6-2)20-21(17)4/h8-9,11-12,16,18H,5-7,10H2,1-4H3. The first-order valence-electron chi connectivity index (χ1n) is 7.87. The van der Waals surface area contributed by atoms with E-state index < -0.39 is 0 Å². The number of pyridine rings is 1. The van der Waals surface area contributed by atoms with Crippen LogP contribution in [0.3, 0.4) is 0 Å². The van der Waals surface area contributed by atoms with E-state index in [2.05, 4.69) is 54.4 Å². The van der Waals surface area contributed by atoms with Gasteiger partial charge in [0.1, 0.15) is 0 Å². The number of aromatic nitrogens is 3. The van der Waals surface area contributed by atoms with Crippen LogP contribution in [0.25, 0.3) is 0 Å². The van der Waals surface area contributed by atoms with Gasteiger partial charge in [-0.05, 0) is 37.1 Å². The minimum Gasteiger partial charge on any atom is -0.309 e. The minimum absolute atomic E-state index is 0.257. The van der Waals surface area contributed by atoms with Gasteiger partial charge in [-0.25, -0.2) is 0 Å². The van der Waals surface area contributed by atoms with Gasteiger partial charge in [-0.1, -0.05) is 26.8 Å². The summed E-state index contributed by atoms with van der Waals surface area (Å²) in [6.45, 7) is 7.36. The van der Waals surface area contributed by atoms with E-state index in [9.17, 15) is 0 Å². The molecule has 0 amide bonds. The summed E-state index contributed by atoms with van der Waals surface area (Å²) >= 11 is 0. The van der Waals surface area contributed by atoms with Gasteiger partial charge in [0.05, 0.1) is 17.4 Å². The molecular weight excluding hydrogens is 260 g/mol. The number of rotatable bonds is 7. The highest BCUT2D eigenvalue weighted by Gasteiger charge is 2.17. The largest absolute Gasteiger partial charge is 0.309 e. The number of nitrogens with one attached hydrogen (secondary N) is 1. The van der Waals surface area contributed by atoms with E-state index in [4.69, 9.17) is 0 Å². The predicted octanol–water partition coefficient (Wildman–Crippen LogP) is 2.83. The lowest BCUT2D eigenvalue weighted by molar-refractivity contribution is 0.503. The van der Waals surface area contributed by atoms with Crippen molar-refractivity contribution >= 4 is 0 Å². The van der Waals surface area contributed by atoms with Crippen molar-refractivity contribution in [3.05, 3.63) is 47.0 Å². The summed E-state index contributed by atoms with van der Waals surface area (Å²) < 4.78 is 1.99. The molecule has 0 radical (unpaired) electrons. The van der Waals surface area contributed by atoms with Crippen molar-refractivity contribution in [1.29, 1.82) is 0 Å². The molecule has 2 heterocycles. The van der Waals surface area contributed by atoms with Crippen LogP contribution in [0.5, 0.6) is 0 Å². The normalized spacial score (nSPS) is 12.6. The molecule has 0 saturated carbocycles. The molecule has 1 atom stereocenters. The Labute approximate surface area is 127 Å². The van der Waals surface area contributed by atoms with Gasteiger partial charge >= 0.3 is 0 Å². The maximum absolute atomic E-state index is 4.58. The van der Waals surface area contributed by atoms with Crippen LogP contribution < -0.4 is 5.32 Å². The Morgan fingerprint density at radius 3 is 2.48 bits per heavy atom.